The molecule has 2 amide bonds. The number of hydrogen-bond acceptors (Lipinski definition) is 5. The van der Waals surface area contributed by atoms with Gasteiger partial charge in [0.25, 0.3) is 0 Å². The largest absolute Gasteiger partial charge is 0.415 e. The fraction of sp³-hybridized carbons (Fsp3) is 0.533. The average molecular weight is 503 g/mol. The third-order valence-corrected chi connectivity index (χ3v) is 9.99. The third kappa shape index (κ3) is 2.86. The Morgan fingerprint density at radius 2 is 1.62 bits per heavy atom. The smallest absolute Gasteiger partial charge is 0.410 e. The minimum atomic E-state index is -1.01. The zero-order chi connectivity index (χ0) is 25.6. The topological polar surface area (TPSA) is 79.3 Å². The molecule has 7 heteroatoms. The zero-order valence-corrected chi connectivity index (χ0v) is 21.4. The molecular formula is C30H34N2O5. The lowest BCUT2D eigenvalue weighted by Crippen LogP contribution is -2.79. The van der Waals surface area contributed by atoms with E-state index >= 15 is 0 Å². The Morgan fingerprint density at radius 3 is 2.24 bits per heavy atom. The maximum Gasteiger partial charge on any atom is 0.415 e. The maximum absolute atomic E-state index is 13.9. The maximum atomic E-state index is 13.9. The predicted molar refractivity (Wildman–Crippen MR) is 136 cm³/mol. The van der Waals surface area contributed by atoms with E-state index in [1.807, 2.05) is 46.2 Å². The highest BCUT2D eigenvalue weighted by atomic mass is 16.6. The first kappa shape index (κ1) is 23.1. The normalized spacial score (nSPS) is 38.4. The Kier molecular flexibility index (Phi) is 4.82. The van der Waals surface area contributed by atoms with Crippen LogP contribution in [-0.2, 0) is 0 Å². The number of carbonyl (C=O) groups excluding carboxylic acids is 2. The second-order valence-electron chi connectivity index (χ2n) is 12.2. The molecule has 5 aliphatic rings. The summed E-state index contributed by atoms with van der Waals surface area (Å²) < 4.78 is 11.7. The van der Waals surface area contributed by atoms with Gasteiger partial charge in [0.2, 0.25) is 0 Å². The van der Waals surface area contributed by atoms with Crippen LogP contribution in [-0.4, -0.2) is 56.4 Å². The van der Waals surface area contributed by atoms with Crippen LogP contribution in [0.5, 0.6) is 11.5 Å². The summed E-state index contributed by atoms with van der Waals surface area (Å²) in [4.78, 5) is 31.3. The number of amides is 2. The third-order valence-electron chi connectivity index (χ3n) is 9.99. The second kappa shape index (κ2) is 7.73. The average Bonchev–Trinajstić information content (AvgIpc) is 3.37. The lowest BCUT2D eigenvalue weighted by Gasteiger charge is -2.67. The van der Waals surface area contributed by atoms with Crippen LogP contribution in [0.15, 0.2) is 60.7 Å². The summed E-state index contributed by atoms with van der Waals surface area (Å²) in [5.41, 5.74) is -2.15. The van der Waals surface area contributed by atoms with Gasteiger partial charge < -0.3 is 14.6 Å². The fourth-order valence-electron chi connectivity index (χ4n) is 9.11. The minimum absolute atomic E-state index is 0.0197. The molecule has 0 radical (unpaired) electrons. The van der Waals surface area contributed by atoms with Crippen LogP contribution in [0.4, 0.5) is 9.59 Å². The number of piperidine rings is 2. The molecule has 2 aliphatic heterocycles. The number of ether oxygens (including phenoxy) is 2. The Morgan fingerprint density at radius 1 is 1.00 bits per heavy atom. The molecule has 2 aromatic rings. The quantitative estimate of drug-likeness (QED) is 0.630. The van der Waals surface area contributed by atoms with E-state index in [9.17, 15) is 14.7 Å². The molecule has 7 atom stereocenters. The number of rotatable bonds is 4. The summed E-state index contributed by atoms with van der Waals surface area (Å²) in [5.74, 6) is 1.57. The van der Waals surface area contributed by atoms with E-state index < -0.39 is 22.8 Å². The molecule has 3 saturated carbocycles. The molecule has 7 rings (SSSR count). The van der Waals surface area contributed by atoms with Gasteiger partial charge in [-0.15, -0.1) is 0 Å². The van der Waals surface area contributed by atoms with Gasteiger partial charge in [-0.2, -0.15) is 0 Å². The van der Waals surface area contributed by atoms with Crippen LogP contribution in [0.3, 0.4) is 0 Å². The molecule has 2 saturated heterocycles. The summed E-state index contributed by atoms with van der Waals surface area (Å²) in [7, 11) is 0. The van der Waals surface area contributed by atoms with Crippen LogP contribution in [0, 0.1) is 23.7 Å². The zero-order valence-electron chi connectivity index (χ0n) is 21.4. The molecule has 2 heterocycles. The van der Waals surface area contributed by atoms with Crippen molar-refractivity contribution < 1.29 is 24.2 Å². The van der Waals surface area contributed by atoms with E-state index in [-0.39, 0.29) is 24.0 Å². The summed E-state index contributed by atoms with van der Waals surface area (Å²) in [6.07, 6.45) is 3.19. The summed E-state index contributed by atoms with van der Waals surface area (Å²) in [5, 5.41) is 12.3. The number of nitrogens with zero attached hydrogens (tertiary/aromatic N) is 2. The molecule has 3 aliphatic carbocycles. The Labute approximate surface area is 217 Å². The van der Waals surface area contributed by atoms with Crippen molar-refractivity contribution in [1.29, 1.82) is 0 Å². The molecule has 1 N–H and O–H groups in total. The molecule has 37 heavy (non-hydrogen) atoms. The highest BCUT2D eigenvalue weighted by molar-refractivity contribution is 5.79. The lowest BCUT2D eigenvalue weighted by molar-refractivity contribution is -0.169. The Bertz CT molecular complexity index is 1240. The first-order valence-corrected chi connectivity index (χ1v) is 13.7. The van der Waals surface area contributed by atoms with Gasteiger partial charge in [-0.3, -0.25) is 9.80 Å². The van der Waals surface area contributed by atoms with Gasteiger partial charge in [0.1, 0.15) is 11.5 Å². The fourth-order valence-corrected chi connectivity index (χ4v) is 9.11. The molecule has 0 unspecified atom stereocenters. The van der Waals surface area contributed by atoms with Crippen molar-refractivity contribution >= 4 is 12.2 Å². The standard InChI is InChI=1S/C30H34N2O5/c1-19(2)15-21-17-29(35)25-28(32(21)27(34)37-23-11-7-4-8-12-23)14-13-20-16-24(28)30(25,29)31(18-20)26(33)36-22-9-5-3-6-10-22/h3-12,19-21,24-25,35H,13-18H2,1-2H3/t20-,21-,24-,25+,28-,29+,30-/m0/s1. The van der Waals surface area contributed by atoms with Crippen LogP contribution >= 0.6 is 0 Å². The van der Waals surface area contributed by atoms with Crippen molar-refractivity contribution in [1.82, 2.24) is 9.80 Å². The Hall–Kier alpha value is -3.06. The van der Waals surface area contributed by atoms with E-state index in [2.05, 4.69) is 13.8 Å². The number of carbonyl (C=O) groups is 2. The second-order valence-corrected chi connectivity index (χ2v) is 12.2. The van der Waals surface area contributed by atoms with E-state index in [1.54, 1.807) is 24.3 Å². The van der Waals surface area contributed by atoms with Gasteiger partial charge in [0.05, 0.1) is 16.7 Å². The first-order chi connectivity index (χ1) is 17.8. The van der Waals surface area contributed by atoms with E-state index in [0.717, 1.165) is 25.7 Å². The summed E-state index contributed by atoms with van der Waals surface area (Å²) in [6, 6.07) is 18.2. The molecule has 0 aromatic heterocycles. The van der Waals surface area contributed by atoms with Crippen molar-refractivity contribution in [3.63, 3.8) is 0 Å². The van der Waals surface area contributed by atoms with Crippen molar-refractivity contribution in [3.8, 4) is 11.5 Å². The molecular weight excluding hydrogens is 468 g/mol. The monoisotopic (exact) mass is 502 g/mol. The molecule has 5 fully saturated rings. The van der Waals surface area contributed by atoms with Gasteiger partial charge in [-0.05, 0) is 68.2 Å². The minimum Gasteiger partial charge on any atom is -0.410 e. The van der Waals surface area contributed by atoms with Crippen molar-refractivity contribution in [2.24, 2.45) is 23.7 Å². The number of hydrogen-bond donors (Lipinski definition) is 1. The Balaban J connectivity index is 1.26. The van der Waals surface area contributed by atoms with E-state index in [0.29, 0.717) is 36.3 Å². The lowest BCUT2D eigenvalue weighted by atomic mass is 9.51. The molecule has 2 spiro atoms. The van der Waals surface area contributed by atoms with Gasteiger partial charge >= 0.3 is 12.2 Å². The SMILES string of the molecule is CC(C)C[C@H]1C[C@@]2(O)[C@H]3[C@@]4(CC[C@H]5C[C@@H]4[C@]32N(C(=O)Oc2ccccc2)C5)N1C(=O)Oc1ccccc1. The van der Waals surface area contributed by atoms with Crippen molar-refractivity contribution in [2.75, 3.05) is 6.54 Å². The van der Waals surface area contributed by atoms with Gasteiger partial charge in [-0.25, -0.2) is 9.59 Å². The van der Waals surface area contributed by atoms with Crippen LogP contribution in [0.1, 0.15) is 46.0 Å². The number of benzene rings is 2. The summed E-state index contributed by atoms with van der Waals surface area (Å²) in [6.45, 7) is 4.90. The van der Waals surface area contributed by atoms with E-state index in [4.69, 9.17) is 9.47 Å². The highest BCUT2D eigenvalue weighted by Crippen LogP contribution is 2.87. The van der Waals surface area contributed by atoms with E-state index in [1.165, 1.54) is 0 Å². The van der Waals surface area contributed by atoms with Crippen molar-refractivity contribution in [2.45, 2.75) is 68.7 Å². The van der Waals surface area contributed by atoms with Crippen molar-refractivity contribution in [3.05, 3.63) is 60.7 Å². The molecule has 2 aromatic carbocycles. The number of likely N-dealkylation sites (tertiary alicyclic amines) is 2. The first-order valence-electron chi connectivity index (χ1n) is 13.7. The van der Waals surface area contributed by atoms with Crippen LogP contribution in [0.25, 0.3) is 0 Å². The van der Waals surface area contributed by atoms with Crippen LogP contribution < -0.4 is 9.47 Å². The van der Waals surface area contributed by atoms with Gasteiger partial charge in [-0.1, -0.05) is 50.2 Å². The summed E-state index contributed by atoms with van der Waals surface area (Å²) >= 11 is 0. The number of fused-ring (bicyclic) bond motifs is 1. The molecule has 2 bridgehead atoms. The molecule has 7 nitrogen and oxygen atoms in total. The predicted octanol–water partition coefficient (Wildman–Crippen LogP) is 5.09. The van der Waals surface area contributed by atoms with Gasteiger partial charge in [0.15, 0.2) is 0 Å². The van der Waals surface area contributed by atoms with Crippen LogP contribution in [0.2, 0.25) is 0 Å². The van der Waals surface area contributed by atoms with Gasteiger partial charge in [0, 0.05) is 24.4 Å². The highest BCUT2D eigenvalue weighted by Gasteiger charge is 3.01. The number of para-hydroxylation sites is 2. The number of aliphatic hydroxyl groups is 1. The molecule has 194 valence electrons.